The Morgan fingerprint density at radius 2 is 1.85 bits per heavy atom. The predicted molar refractivity (Wildman–Crippen MR) is 81.7 cm³/mol. The van der Waals surface area contributed by atoms with Crippen molar-refractivity contribution < 1.29 is 9.90 Å². The fourth-order valence-electron chi connectivity index (χ4n) is 2.94. The quantitative estimate of drug-likeness (QED) is 0.711. The molecule has 0 radical (unpaired) electrons. The van der Waals surface area contributed by atoms with Gasteiger partial charge in [-0.15, -0.1) is 0 Å². The van der Waals surface area contributed by atoms with Gasteiger partial charge in [0.15, 0.2) is 0 Å². The Morgan fingerprint density at radius 3 is 2.35 bits per heavy atom. The normalized spacial score (nSPS) is 23.5. The standard InChI is InChI=1S/C15H31N3O2/c1-5-7-17(8-6-2)15(20)12-18-11-14(19)9-13(18)10-16(3)4/h13-14,19H,5-12H2,1-4H3. The Labute approximate surface area is 123 Å². The molecule has 0 bridgehead atoms. The molecule has 0 aromatic rings. The lowest BCUT2D eigenvalue weighted by Crippen LogP contribution is -2.45. The van der Waals surface area contributed by atoms with Gasteiger partial charge in [0.2, 0.25) is 5.91 Å². The summed E-state index contributed by atoms with van der Waals surface area (Å²) in [4.78, 5) is 18.6. The second kappa shape index (κ2) is 8.60. The predicted octanol–water partition coefficient (Wildman–Crippen LogP) is 0.632. The van der Waals surface area contributed by atoms with Crippen LogP contribution < -0.4 is 0 Å². The highest BCUT2D eigenvalue weighted by atomic mass is 16.3. The van der Waals surface area contributed by atoms with Crippen LogP contribution >= 0.6 is 0 Å². The average Bonchev–Trinajstić information content (AvgIpc) is 2.68. The van der Waals surface area contributed by atoms with Gasteiger partial charge in [-0.25, -0.2) is 0 Å². The van der Waals surface area contributed by atoms with Crippen molar-refractivity contribution in [2.24, 2.45) is 0 Å². The van der Waals surface area contributed by atoms with E-state index in [9.17, 15) is 9.90 Å². The molecule has 1 fully saturated rings. The van der Waals surface area contributed by atoms with Crippen molar-refractivity contribution in [1.82, 2.24) is 14.7 Å². The Morgan fingerprint density at radius 1 is 1.25 bits per heavy atom. The molecule has 1 amide bonds. The number of carbonyl (C=O) groups excluding carboxylic acids is 1. The summed E-state index contributed by atoms with van der Waals surface area (Å²) in [5, 5.41) is 9.86. The molecule has 1 heterocycles. The van der Waals surface area contributed by atoms with Gasteiger partial charge in [0.1, 0.15) is 0 Å². The number of rotatable bonds is 8. The van der Waals surface area contributed by atoms with Crippen LogP contribution in [0.25, 0.3) is 0 Å². The van der Waals surface area contributed by atoms with Crippen molar-refractivity contribution in [1.29, 1.82) is 0 Å². The maximum atomic E-state index is 12.4. The zero-order chi connectivity index (χ0) is 15.1. The molecule has 0 spiro atoms. The summed E-state index contributed by atoms with van der Waals surface area (Å²) in [7, 11) is 4.07. The SMILES string of the molecule is CCCN(CCC)C(=O)CN1CC(O)CC1CN(C)C. The molecule has 5 heteroatoms. The number of hydrogen-bond acceptors (Lipinski definition) is 4. The Balaban J connectivity index is 2.57. The van der Waals surface area contributed by atoms with E-state index in [1.165, 1.54) is 0 Å². The van der Waals surface area contributed by atoms with Gasteiger partial charge in [0.05, 0.1) is 12.6 Å². The summed E-state index contributed by atoms with van der Waals surface area (Å²) >= 11 is 0. The van der Waals surface area contributed by atoms with Crippen molar-refractivity contribution in [2.45, 2.75) is 45.3 Å². The Hall–Kier alpha value is -0.650. The molecule has 20 heavy (non-hydrogen) atoms. The first-order valence-corrected chi connectivity index (χ1v) is 7.82. The van der Waals surface area contributed by atoms with Gasteiger partial charge in [0.25, 0.3) is 0 Å². The topological polar surface area (TPSA) is 47.0 Å². The lowest BCUT2D eigenvalue weighted by Gasteiger charge is -2.29. The van der Waals surface area contributed by atoms with Gasteiger partial charge in [-0.2, -0.15) is 0 Å². The molecule has 0 saturated carbocycles. The van der Waals surface area contributed by atoms with E-state index in [1.54, 1.807) is 0 Å². The maximum Gasteiger partial charge on any atom is 0.236 e. The van der Waals surface area contributed by atoms with Crippen molar-refractivity contribution in [2.75, 3.05) is 46.8 Å². The first kappa shape index (κ1) is 17.4. The Bertz CT molecular complexity index is 291. The minimum atomic E-state index is -0.293. The van der Waals surface area contributed by atoms with E-state index in [0.29, 0.717) is 13.1 Å². The van der Waals surface area contributed by atoms with Crippen LogP contribution in [0.3, 0.4) is 0 Å². The number of carbonyl (C=O) groups is 1. The molecule has 1 N–H and O–H groups in total. The van der Waals surface area contributed by atoms with E-state index in [0.717, 1.165) is 38.9 Å². The molecule has 0 aromatic carbocycles. The summed E-state index contributed by atoms with van der Waals surface area (Å²) in [6.45, 7) is 7.83. The maximum absolute atomic E-state index is 12.4. The molecular formula is C15H31N3O2. The van der Waals surface area contributed by atoms with Crippen molar-refractivity contribution >= 4 is 5.91 Å². The molecule has 5 nitrogen and oxygen atoms in total. The molecule has 0 aliphatic carbocycles. The van der Waals surface area contributed by atoms with Crippen LogP contribution in [-0.2, 0) is 4.79 Å². The van der Waals surface area contributed by atoms with Gasteiger partial charge in [-0.05, 0) is 33.4 Å². The van der Waals surface area contributed by atoms with E-state index < -0.39 is 0 Å². The van der Waals surface area contributed by atoms with E-state index in [2.05, 4.69) is 23.6 Å². The molecule has 0 aromatic heterocycles. The third-order valence-corrected chi connectivity index (χ3v) is 3.76. The summed E-state index contributed by atoms with van der Waals surface area (Å²) < 4.78 is 0. The summed E-state index contributed by atoms with van der Waals surface area (Å²) in [5.41, 5.74) is 0. The molecule has 1 aliphatic heterocycles. The van der Waals surface area contributed by atoms with Crippen LogP contribution in [0.5, 0.6) is 0 Å². The van der Waals surface area contributed by atoms with Crippen LogP contribution in [-0.4, -0.2) is 84.7 Å². The monoisotopic (exact) mass is 285 g/mol. The molecule has 118 valence electrons. The fourth-order valence-corrected chi connectivity index (χ4v) is 2.94. The van der Waals surface area contributed by atoms with E-state index in [1.807, 2.05) is 19.0 Å². The van der Waals surface area contributed by atoms with E-state index >= 15 is 0 Å². The summed E-state index contributed by atoms with van der Waals surface area (Å²) in [6, 6.07) is 0.286. The van der Waals surface area contributed by atoms with Crippen LogP contribution in [0.2, 0.25) is 0 Å². The number of amides is 1. The highest BCUT2D eigenvalue weighted by molar-refractivity contribution is 5.78. The van der Waals surface area contributed by atoms with Gasteiger partial charge < -0.3 is 14.9 Å². The second-order valence-electron chi connectivity index (χ2n) is 6.12. The van der Waals surface area contributed by atoms with Crippen LogP contribution in [0, 0.1) is 0 Å². The average molecular weight is 285 g/mol. The van der Waals surface area contributed by atoms with Crippen LogP contribution in [0.1, 0.15) is 33.1 Å². The number of likely N-dealkylation sites (tertiary alicyclic amines) is 1. The second-order valence-corrected chi connectivity index (χ2v) is 6.12. The molecule has 2 unspecified atom stereocenters. The first-order chi connectivity index (χ1) is 9.47. The van der Waals surface area contributed by atoms with Gasteiger partial charge in [-0.1, -0.05) is 13.8 Å². The number of β-amino-alcohol motifs (C(OH)–C–C–N with tert-alkyl or cyclic N) is 1. The van der Waals surface area contributed by atoms with Crippen molar-refractivity contribution in [3.63, 3.8) is 0 Å². The van der Waals surface area contributed by atoms with Gasteiger partial charge in [-0.3, -0.25) is 9.69 Å². The van der Waals surface area contributed by atoms with E-state index in [4.69, 9.17) is 0 Å². The number of aliphatic hydroxyl groups is 1. The lowest BCUT2D eigenvalue weighted by molar-refractivity contribution is -0.132. The molecule has 1 aliphatic rings. The zero-order valence-corrected chi connectivity index (χ0v) is 13.5. The highest BCUT2D eigenvalue weighted by Crippen LogP contribution is 2.18. The molecule has 1 saturated heterocycles. The zero-order valence-electron chi connectivity index (χ0n) is 13.5. The number of aliphatic hydroxyl groups excluding tert-OH is 1. The van der Waals surface area contributed by atoms with Crippen LogP contribution in [0.4, 0.5) is 0 Å². The third-order valence-electron chi connectivity index (χ3n) is 3.76. The number of nitrogens with zero attached hydrogens (tertiary/aromatic N) is 3. The van der Waals surface area contributed by atoms with Crippen molar-refractivity contribution in [3.8, 4) is 0 Å². The van der Waals surface area contributed by atoms with E-state index in [-0.39, 0.29) is 18.1 Å². The minimum absolute atomic E-state index is 0.201. The van der Waals surface area contributed by atoms with Gasteiger partial charge >= 0.3 is 0 Å². The number of hydrogen-bond donors (Lipinski definition) is 1. The Kier molecular flexibility index (Phi) is 7.48. The number of likely N-dealkylation sites (N-methyl/N-ethyl adjacent to an activating group) is 1. The largest absolute Gasteiger partial charge is 0.392 e. The first-order valence-electron chi connectivity index (χ1n) is 7.82. The molecular weight excluding hydrogens is 254 g/mol. The molecule has 2 atom stereocenters. The summed E-state index contributed by atoms with van der Waals surface area (Å²) in [5.74, 6) is 0.201. The van der Waals surface area contributed by atoms with Crippen LogP contribution in [0.15, 0.2) is 0 Å². The third kappa shape index (κ3) is 5.38. The highest BCUT2D eigenvalue weighted by Gasteiger charge is 2.33. The lowest BCUT2D eigenvalue weighted by atomic mass is 10.2. The molecule has 1 rings (SSSR count). The van der Waals surface area contributed by atoms with Gasteiger partial charge in [0, 0.05) is 32.2 Å². The van der Waals surface area contributed by atoms with Crippen molar-refractivity contribution in [3.05, 3.63) is 0 Å². The fraction of sp³-hybridized carbons (Fsp3) is 0.933. The summed E-state index contributed by atoms with van der Waals surface area (Å²) in [6.07, 6.45) is 2.47. The minimum Gasteiger partial charge on any atom is -0.392 e. The smallest absolute Gasteiger partial charge is 0.236 e.